The van der Waals surface area contributed by atoms with E-state index in [4.69, 9.17) is 0 Å². The van der Waals surface area contributed by atoms with Crippen molar-refractivity contribution in [1.82, 2.24) is 5.32 Å². The first-order valence-electron chi connectivity index (χ1n) is 6.86. The zero-order chi connectivity index (χ0) is 17.0. The predicted molar refractivity (Wildman–Crippen MR) is 87.2 cm³/mol. The maximum absolute atomic E-state index is 13.1. The number of hydrogen-bond donors (Lipinski definition) is 2. The fourth-order valence-corrected chi connectivity index (χ4v) is 2.62. The van der Waals surface area contributed by atoms with Gasteiger partial charge in [-0.25, -0.2) is 12.8 Å². The molecule has 0 unspecified atom stereocenters. The van der Waals surface area contributed by atoms with Crippen LogP contribution in [0.25, 0.3) is 0 Å². The second-order valence-corrected chi connectivity index (χ2v) is 6.96. The zero-order valence-corrected chi connectivity index (χ0v) is 13.6. The Labute approximate surface area is 134 Å². The van der Waals surface area contributed by atoms with E-state index in [1.165, 1.54) is 18.2 Å². The summed E-state index contributed by atoms with van der Waals surface area (Å²) in [6.45, 7) is 1.92. The lowest BCUT2D eigenvalue weighted by Crippen LogP contribution is -2.23. The Morgan fingerprint density at radius 2 is 1.91 bits per heavy atom. The van der Waals surface area contributed by atoms with E-state index in [2.05, 4.69) is 10.0 Å². The van der Waals surface area contributed by atoms with Gasteiger partial charge in [0.2, 0.25) is 10.0 Å². The number of hydrogen-bond acceptors (Lipinski definition) is 3. The van der Waals surface area contributed by atoms with Crippen LogP contribution in [0.5, 0.6) is 0 Å². The van der Waals surface area contributed by atoms with Crippen molar-refractivity contribution >= 4 is 21.6 Å². The van der Waals surface area contributed by atoms with E-state index in [-0.39, 0.29) is 18.3 Å². The molecule has 0 atom stereocenters. The van der Waals surface area contributed by atoms with Gasteiger partial charge in [0, 0.05) is 12.1 Å². The van der Waals surface area contributed by atoms with E-state index >= 15 is 0 Å². The number of anilines is 1. The Hall–Kier alpha value is -2.41. The highest BCUT2D eigenvalue weighted by atomic mass is 32.2. The SMILES string of the molecule is Cc1ccc(C(=O)NCc2cccc(F)c2)cc1NS(C)(=O)=O. The Morgan fingerprint density at radius 1 is 1.17 bits per heavy atom. The van der Waals surface area contributed by atoms with Gasteiger partial charge in [-0.1, -0.05) is 18.2 Å². The van der Waals surface area contributed by atoms with Crippen LogP contribution in [0.1, 0.15) is 21.5 Å². The van der Waals surface area contributed by atoms with Crippen LogP contribution >= 0.6 is 0 Å². The maximum Gasteiger partial charge on any atom is 0.251 e. The smallest absolute Gasteiger partial charge is 0.251 e. The van der Waals surface area contributed by atoms with Crippen molar-refractivity contribution in [3.8, 4) is 0 Å². The van der Waals surface area contributed by atoms with Gasteiger partial charge < -0.3 is 5.32 Å². The largest absolute Gasteiger partial charge is 0.348 e. The number of amides is 1. The molecule has 2 aromatic carbocycles. The van der Waals surface area contributed by atoms with Crippen LogP contribution in [0.4, 0.5) is 10.1 Å². The predicted octanol–water partition coefficient (Wildman–Crippen LogP) is 2.44. The molecule has 5 nitrogen and oxygen atoms in total. The van der Waals surface area contributed by atoms with Gasteiger partial charge in [-0.05, 0) is 42.3 Å². The fraction of sp³-hybridized carbons (Fsp3) is 0.188. The molecule has 2 rings (SSSR count). The number of sulfonamides is 1. The summed E-state index contributed by atoms with van der Waals surface area (Å²) in [7, 11) is -3.43. The highest BCUT2D eigenvalue weighted by molar-refractivity contribution is 7.92. The number of aryl methyl sites for hydroxylation is 1. The quantitative estimate of drug-likeness (QED) is 0.880. The Morgan fingerprint density at radius 3 is 2.57 bits per heavy atom. The van der Waals surface area contributed by atoms with E-state index in [0.29, 0.717) is 22.4 Å². The monoisotopic (exact) mass is 336 g/mol. The van der Waals surface area contributed by atoms with Crippen molar-refractivity contribution in [2.75, 3.05) is 11.0 Å². The lowest BCUT2D eigenvalue weighted by atomic mass is 10.1. The minimum absolute atomic E-state index is 0.180. The summed E-state index contributed by atoms with van der Waals surface area (Å²) in [5.74, 6) is -0.738. The van der Waals surface area contributed by atoms with Crippen LogP contribution in [0.3, 0.4) is 0 Å². The van der Waals surface area contributed by atoms with Gasteiger partial charge in [-0.3, -0.25) is 9.52 Å². The normalized spacial score (nSPS) is 11.1. The molecule has 0 saturated heterocycles. The van der Waals surface area contributed by atoms with Crippen molar-refractivity contribution in [2.45, 2.75) is 13.5 Å². The number of nitrogens with one attached hydrogen (secondary N) is 2. The van der Waals surface area contributed by atoms with Gasteiger partial charge in [0.1, 0.15) is 5.82 Å². The third kappa shape index (κ3) is 5.07. The van der Waals surface area contributed by atoms with Crippen molar-refractivity contribution in [1.29, 1.82) is 0 Å². The molecule has 2 N–H and O–H groups in total. The summed E-state index contributed by atoms with van der Waals surface area (Å²) in [4.78, 5) is 12.1. The zero-order valence-electron chi connectivity index (χ0n) is 12.8. The molecule has 0 aliphatic rings. The summed E-state index contributed by atoms with van der Waals surface area (Å²) in [6, 6.07) is 10.7. The third-order valence-electron chi connectivity index (χ3n) is 3.14. The van der Waals surface area contributed by atoms with Gasteiger partial charge in [0.15, 0.2) is 0 Å². The van der Waals surface area contributed by atoms with E-state index in [1.807, 2.05) is 0 Å². The molecule has 0 aliphatic heterocycles. The third-order valence-corrected chi connectivity index (χ3v) is 3.73. The average Bonchev–Trinajstić information content (AvgIpc) is 2.46. The molecule has 0 radical (unpaired) electrons. The summed E-state index contributed by atoms with van der Waals surface area (Å²) in [5, 5.41) is 2.67. The van der Waals surface area contributed by atoms with Gasteiger partial charge in [-0.15, -0.1) is 0 Å². The standard InChI is InChI=1S/C16H17FN2O3S/c1-11-6-7-13(9-15(11)19-23(2,21)22)16(20)18-10-12-4-3-5-14(17)8-12/h3-9,19H,10H2,1-2H3,(H,18,20). The number of carbonyl (C=O) groups is 1. The highest BCUT2D eigenvalue weighted by Gasteiger charge is 2.10. The van der Waals surface area contributed by atoms with Gasteiger partial charge in [0.25, 0.3) is 5.91 Å². The minimum Gasteiger partial charge on any atom is -0.348 e. The van der Waals surface area contributed by atoms with Gasteiger partial charge in [-0.2, -0.15) is 0 Å². The van der Waals surface area contributed by atoms with E-state index < -0.39 is 10.0 Å². The van der Waals surface area contributed by atoms with Crippen molar-refractivity contribution < 1.29 is 17.6 Å². The van der Waals surface area contributed by atoms with Crippen molar-refractivity contribution in [3.63, 3.8) is 0 Å². The lowest BCUT2D eigenvalue weighted by Gasteiger charge is -2.10. The average molecular weight is 336 g/mol. The molecule has 0 aliphatic carbocycles. The summed E-state index contributed by atoms with van der Waals surface area (Å²) < 4.78 is 38.1. The second kappa shape index (κ2) is 6.78. The van der Waals surface area contributed by atoms with Crippen LogP contribution < -0.4 is 10.0 Å². The van der Waals surface area contributed by atoms with Gasteiger partial charge >= 0.3 is 0 Å². The van der Waals surface area contributed by atoms with Crippen molar-refractivity contribution in [2.24, 2.45) is 0 Å². The molecular weight excluding hydrogens is 319 g/mol. The maximum atomic E-state index is 13.1. The van der Waals surface area contributed by atoms with Crippen molar-refractivity contribution in [3.05, 3.63) is 65.0 Å². The molecule has 23 heavy (non-hydrogen) atoms. The highest BCUT2D eigenvalue weighted by Crippen LogP contribution is 2.18. The molecule has 0 spiro atoms. The van der Waals surface area contributed by atoms with Crippen LogP contribution in [-0.2, 0) is 16.6 Å². The molecule has 0 aromatic heterocycles. The molecule has 1 amide bonds. The second-order valence-electron chi connectivity index (χ2n) is 5.22. The number of halogens is 1. The molecule has 7 heteroatoms. The van der Waals surface area contributed by atoms with E-state index in [9.17, 15) is 17.6 Å². The molecule has 0 heterocycles. The number of benzene rings is 2. The topological polar surface area (TPSA) is 75.3 Å². The first kappa shape index (κ1) is 17.0. The lowest BCUT2D eigenvalue weighted by molar-refractivity contribution is 0.0951. The molecule has 0 saturated carbocycles. The Bertz CT molecular complexity index is 835. The molecule has 122 valence electrons. The Kier molecular flexibility index (Phi) is 5.00. The summed E-state index contributed by atoms with van der Waals surface area (Å²) in [5.41, 5.74) is 2.01. The summed E-state index contributed by atoms with van der Waals surface area (Å²) in [6.07, 6.45) is 1.04. The molecule has 2 aromatic rings. The number of rotatable bonds is 5. The fourth-order valence-electron chi connectivity index (χ4n) is 2.00. The summed E-state index contributed by atoms with van der Waals surface area (Å²) >= 11 is 0. The van der Waals surface area contributed by atoms with E-state index in [1.54, 1.807) is 31.2 Å². The first-order chi connectivity index (χ1) is 10.7. The van der Waals surface area contributed by atoms with Crippen LogP contribution in [0.15, 0.2) is 42.5 Å². The molecule has 0 fully saturated rings. The van der Waals surface area contributed by atoms with Crippen LogP contribution in [0.2, 0.25) is 0 Å². The van der Waals surface area contributed by atoms with E-state index in [0.717, 1.165) is 6.26 Å². The van der Waals surface area contributed by atoms with Crippen LogP contribution in [0, 0.1) is 12.7 Å². The number of carbonyl (C=O) groups excluding carboxylic acids is 1. The van der Waals surface area contributed by atoms with Gasteiger partial charge in [0.05, 0.1) is 11.9 Å². The Balaban J connectivity index is 2.12. The van der Waals surface area contributed by atoms with Crippen LogP contribution in [-0.4, -0.2) is 20.6 Å². The molecule has 0 bridgehead atoms. The first-order valence-corrected chi connectivity index (χ1v) is 8.75. The molecular formula is C16H17FN2O3S. The minimum atomic E-state index is -3.43.